The van der Waals surface area contributed by atoms with E-state index in [9.17, 15) is 0 Å². The standard InChI is InChI=1S/C15H31NS/c1-5-13-7-6-8-15(11-13,12-16)9-10-17-14(2,3)4/h13H,5-12,16H2,1-4H3. The van der Waals surface area contributed by atoms with Crippen molar-refractivity contribution in [2.45, 2.75) is 71.0 Å². The maximum Gasteiger partial charge on any atom is 0.00750 e. The van der Waals surface area contributed by atoms with Crippen LogP contribution < -0.4 is 5.73 Å². The molecule has 0 saturated heterocycles. The zero-order valence-corrected chi connectivity index (χ0v) is 13.0. The van der Waals surface area contributed by atoms with Gasteiger partial charge >= 0.3 is 0 Å². The van der Waals surface area contributed by atoms with Gasteiger partial charge in [0, 0.05) is 4.75 Å². The maximum absolute atomic E-state index is 6.10. The average Bonchev–Trinajstić information content (AvgIpc) is 2.27. The molecule has 17 heavy (non-hydrogen) atoms. The van der Waals surface area contributed by atoms with Crippen molar-refractivity contribution in [3.05, 3.63) is 0 Å². The Morgan fingerprint density at radius 1 is 1.35 bits per heavy atom. The van der Waals surface area contributed by atoms with Crippen LogP contribution in [0, 0.1) is 11.3 Å². The van der Waals surface area contributed by atoms with Gasteiger partial charge in [0.05, 0.1) is 0 Å². The summed E-state index contributed by atoms with van der Waals surface area (Å²) in [4.78, 5) is 0. The van der Waals surface area contributed by atoms with Crippen molar-refractivity contribution in [1.82, 2.24) is 0 Å². The van der Waals surface area contributed by atoms with E-state index in [0.29, 0.717) is 10.2 Å². The third kappa shape index (κ3) is 5.21. The molecule has 0 bridgehead atoms. The molecule has 102 valence electrons. The van der Waals surface area contributed by atoms with Gasteiger partial charge in [-0.25, -0.2) is 0 Å². The first kappa shape index (κ1) is 15.4. The molecule has 0 heterocycles. The molecule has 0 aromatic carbocycles. The molecule has 0 aromatic heterocycles. The van der Waals surface area contributed by atoms with Crippen molar-refractivity contribution in [3.63, 3.8) is 0 Å². The molecular weight excluding hydrogens is 226 g/mol. The lowest BCUT2D eigenvalue weighted by Crippen LogP contribution is -2.36. The summed E-state index contributed by atoms with van der Waals surface area (Å²) in [5.41, 5.74) is 6.57. The van der Waals surface area contributed by atoms with Gasteiger partial charge in [0.2, 0.25) is 0 Å². The van der Waals surface area contributed by atoms with Gasteiger partial charge in [-0.3, -0.25) is 0 Å². The molecule has 2 heteroatoms. The normalized spacial score (nSPS) is 30.5. The van der Waals surface area contributed by atoms with Crippen LogP contribution in [-0.2, 0) is 0 Å². The summed E-state index contributed by atoms with van der Waals surface area (Å²) in [5.74, 6) is 2.21. The minimum Gasteiger partial charge on any atom is -0.330 e. The highest BCUT2D eigenvalue weighted by molar-refractivity contribution is 8.00. The van der Waals surface area contributed by atoms with Crippen LogP contribution in [0.25, 0.3) is 0 Å². The van der Waals surface area contributed by atoms with Crippen LogP contribution >= 0.6 is 11.8 Å². The van der Waals surface area contributed by atoms with E-state index in [1.807, 2.05) is 0 Å². The zero-order chi connectivity index (χ0) is 12.9. The van der Waals surface area contributed by atoms with Crippen molar-refractivity contribution in [2.75, 3.05) is 12.3 Å². The minimum absolute atomic E-state index is 0.397. The van der Waals surface area contributed by atoms with E-state index in [0.717, 1.165) is 12.5 Å². The molecule has 0 aromatic rings. The summed E-state index contributed by atoms with van der Waals surface area (Å²) < 4.78 is 0.397. The summed E-state index contributed by atoms with van der Waals surface area (Å²) in [5, 5.41) is 0. The molecule has 0 spiro atoms. The topological polar surface area (TPSA) is 26.0 Å². The van der Waals surface area contributed by atoms with E-state index in [1.165, 1.54) is 44.3 Å². The molecule has 2 N–H and O–H groups in total. The fourth-order valence-corrected chi connectivity index (χ4v) is 4.17. The highest BCUT2D eigenvalue weighted by Gasteiger charge is 2.34. The van der Waals surface area contributed by atoms with Gasteiger partial charge in [0.15, 0.2) is 0 Å². The number of nitrogens with two attached hydrogens (primary N) is 1. The van der Waals surface area contributed by atoms with Crippen LogP contribution in [0.15, 0.2) is 0 Å². The van der Waals surface area contributed by atoms with Crippen molar-refractivity contribution in [1.29, 1.82) is 0 Å². The Labute approximate surface area is 112 Å². The number of thioether (sulfide) groups is 1. The Hall–Kier alpha value is 0.310. The average molecular weight is 257 g/mol. The Morgan fingerprint density at radius 2 is 2.06 bits per heavy atom. The van der Waals surface area contributed by atoms with Gasteiger partial charge < -0.3 is 5.73 Å². The Kier molecular flexibility index (Phi) is 5.85. The lowest BCUT2D eigenvalue weighted by molar-refractivity contribution is 0.139. The van der Waals surface area contributed by atoms with Gasteiger partial charge in [0.25, 0.3) is 0 Å². The summed E-state index contributed by atoms with van der Waals surface area (Å²) in [7, 11) is 0. The van der Waals surface area contributed by atoms with Crippen molar-refractivity contribution in [3.8, 4) is 0 Å². The van der Waals surface area contributed by atoms with E-state index in [1.54, 1.807) is 0 Å². The molecule has 1 nitrogen and oxygen atoms in total. The molecule has 0 radical (unpaired) electrons. The van der Waals surface area contributed by atoms with Crippen LogP contribution in [-0.4, -0.2) is 17.0 Å². The first-order chi connectivity index (χ1) is 7.91. The minimum atomic E-state index is 0.397. The second kappa shape index (κ2) is 6.47. The van der Waals surface area contributed by atoms with Crippen LogP contribution in [0.1, 0.15) is 66.2 Å². The van der Waals surface area contributed by atoms with E-state index >= 15 is 0 Å². The van der Waals surface area contributed by atoms with E-state index in [-0.39, 0.29) is 0 Å². The van der Waals surface area contributed by atoms with E-state index < -0.39 is 0 Å². The second-order valence-corrected chi connectivity index (χ2v) is 8.71. The lowest BCUT2D eigenvalue weighted by Gasteiger charge is -2.40. The second-order valence-electron chi connectivity index (χ2n) is 6.79. The Balaban J connectivity index is 2.45. The van der Waals surface area contributed by atoms with E-state index in [2.05, 4.69) is 39.5 Å². The maximum atomic E-state index is 6.10. The largest absolute Gasteiger partial charge is 0.330 e. The first-order valence-electron chi connectivity index (χ1n) is 7.25. The zero-order valence-electron chi connectivity index (χ0n) is 12.2. The summed E-state index contributed by atoms with van der Waals surface area (Å²) in [6.45, 7) is 10.2. The highest BCUT2D eigenvalue weighted by atomic mass is 32.2. The first-order valence-corrected chi connectivity index (χ1v) is 8.23. The van der Waals surface area contributed by atoms with Crippen LogP contribution in [0.3, 0.4) is 0 Å². The summed E-state index contributed by atoms with van der Waals surface area (Å²) in [6.07, 6.45) is 8.24. The molecule has 1 aliphatic carbocycles. The van der Waals surface area contributed by atoms with Gasteiger partial charge in [0.1, 0.15) is 0 Å². The fraction of sp³-hybridized carbons (Fsp3) is 1.00. The molecule has 1 aliphatic rings. The Morgan fingerprint density at radius 3 is 2.59 bits per heavy atom. The molecular formula is C15H31NS. The van der Waals surface area contributed by atoms with Gasteiger partial charge in [-0.15, -0.1) is 0 Å². The predicted octanol–water partition coefficient (Wildman–Crippen LogP) is 4.45. The van der Waals surface area contributed by atoms with Gasteiger partial charge in [-0.2, -0.15) is 11.8 Å². The molecule has 2 unspecified atom stereocenters. The summed E-state index contributed by atoms with van der Waals surface area (Å²) >= 11 is 2.09. The fourth-order valence-electron chi connectivity index (χ4n) is 3.02. The van der Waals surface area contributed by atoms with Gasteiger partial charge in [-0.05, 0) is 42.9 Å². The molecule has 1 rings (SSSR count). The van der Waals surface area contributed by atoms with Crippen LogP contribution in [0.5, 0.6) is 0 Å². The molecule has 1 fully saturated rings. The lowest BCUT2D eigenvalue weighted by atomic mass is 9.67. The van der Waals surface area contributed by atoms with Crippen molar-refractivity contribution < 1.29 is 0 Å². The van der Waals surface area contributed by atoms with E-state index in [4.69, 9.17) is 5.73 Å². The molecule has 2 atom stereocenters. The monoisotopic (exact) mass is 257 g/mol. The van der Waals surface area contributed by atoms with Crippen molar-refractivity contribution >= 4 is 11.8 Å². The SMILES string of the molecule is CCC1CCCC(CN)(CCSC(C)(C)C)C1. The number of hydrogen-bond donors (Lipinski definition) is 1. The number of rotatable bonds is 5. The third-order valence-corrected chi connectivity index (χ3v) is 5.49. The predicted molar refractivity (Wildman–Crippen MR) is 80.6 cm³/mol. The molecule has 0 amide bonds. The van der Waals surface area contributed by atoms with Crippen molar-refractivity contribution in [2.24, 2.45) is 17.1 Å². The quantitative estimate of drug-likeness (QED) is 0.787. The van der Waals surface area contributed by atoms with Crippen LogP contribution in [0.4, 0.5) is 0 Å². The highest BCUT2D eigenvalue weighted by Crippen LogP contribution is 2.43. The third-order valence-electron chi connectivity index (χ3n) is 4.22. The Bertz CT molecular complexity index is 221. The number of hydrogen-bond acceptors (Lipinski definition) is 2. The van der Waals surface area contributed by atoms with Gasteiger partial charge in [-0.1, -0.05) is 47.0 Å². The van der Waals surface area contributed by atoms with Crippen LogP contribution in [0.2, 0.25) is 0 Å². The molecule has 1 saturated carbocycles. The summed E-state index contributed by atoms with van der Waals surface area (Å²) in [6, 6.07) is 0. The molecule has 0 aliphatic heterocycles. The smallest absolute Gasteiger partial charge is 0.00750 e.